The van der Waals surface area contributed by atoms with Crippen LogP contribution < -0.4 is 10.1 Å². The van der Waals surface area contributed by atoms with Crippen LogP contribution >= 0.6 is 0 Å². The number of sulfonamides is 1. The summed E-state index contributed by atoms with van der Waals surface area (Å²) in [6.07, 6.45) is 0. The van der Waals surface area contributed by atoms with E-state index in [0.29, 0.717) is 49.9 Å². The van der Waals surface area contributed by atoms with Crippen molar-refractivity contribution in [2.75, 3.05) is 45.9 Å². The van der Waals surface area contributed by atoms with Crippen molar-refractivity contribution in [3.63, 3.8) is 0 Å². The van der Waals surface area contributed by atoms with Crippen LogP contribution in [0, 0.1) is 0 Å². The minimum atomic E-state index is -3.43. The zero-order valence-electron chi connectivity index (χ0n) is 15.7. The molecule has 0 aromatic heterocycles. The molecular formula is C20H25N3O4S. The quantitative estimate of drug-likeness (QED) is 0.716. The van der Waals surface area contributed by atoms with Crippen LogP contribution in [0.15, 0.2) is 65.6 Å². The molecule has 8 heteroatoms. The Kier molecular flexibility index (Phi) is 7.02. The first-order chi connectivity index (χ1) is 13.6. The molecule has 0 unspecified atom stereocenters. The highest BCUT2D eigenvalue weighted by Gasteiger charge is 2.28. The van der Waals surface area contributed by atoms with E-state index in [-0.39, 0.29) is 12.5 Å². The predicted molar refractivity (Wildman–Crippen MR) is 107 cm³/mol. The number of amides is 1. The molecule has 1 N–H and O–H groups in total. The molecule has 1 heterocycles. The third kappa shape index (κ3) is 5.54. The smallest absolute Gasteiger partial charge is 0.257 e. The Balaban J connectivity index is 1.36. The molecule has 0 radical (unpaired) electrons. The first-order valence-electron chi connectivity index (χ1n) is 9.28. The first-order valence-corrected chi connectivity index (χ1v) is 10.7. The molecule has 1 amide bonds. The van der Waals surface area contributed by atoms with E-state index in [2.05, 4.69) is 10.2 Å². The fraction of sp³-hybridized carbons (Fsp3) is 0.350. The number of para-hydroxylation sites is 1. The Morgan fingerprint density at radius 2 is 1.54 bits per heavy atom. The van der Waals surface area contributed by atoms with Crippen LogP contribution in [-0.4, -0.2) is 69.4 Å². The van der Waals surface area contributed by atoms with Crippen molar-refractivity contribution in [3.05, 3.63) is 60.7 Å². The standard InChI is InChI=1S/C20H25N3O4S/c24-20(17-27-18-7-3-1-4-8-18)21-11-12-22-13-15-23(16-14-22)28(25,26)19-9-5-2-6-10-19/h1-10H,11-17H2,(H,21,24). The van der Waals surface area contributed by atoms with Gasteiger partial charge < -0.3 is 10.1 Å². The lowest BCUT2D eigenvalue weighted by Gasteiger charge is -2.33. The zero-order chi connectivity index (χ0) is 19.8. The first kappa shape index (κ1) is 20.3. The van der Waals surface area contributed by atoms with Crippen LogP contribution in [0.1, 0.15) is 0 Å². The molecule has 2 aromatic carbocycles. The number of nitrogens with zero attached hydrogens (tertiary/aromatic N) is 2. The Morgan fingerprint density at radius 1 is 0.929 bits per heavy atom. The molecule has 2 aromatic rings. The van der Waals surface area contributed by atoms with Crippen molar-refractivity contribution in [3.8, 4) is 5.75 Å². The second-order valence-electron chi connectivity index (χ2n) is 6.51. The van der Waals surface area contributed by atoms with Gasteiger partial charge in [0.05, 0.1) is 4.90 Å². The molecule has 0 atom stereocenters. The van der Waals surface area contributed by atoms with Crippen LogP contribution in [0.4, 0.5) is 0 Å². The van der Waals surface area contributed by atoms with Gasteiger partial charge >= 0.3 is 0 Å². The lowest BCUT2D eigenvalue weighted by Crippen LogP contribution is -2.50. The van der Waals surface area contributed by atoms with Gasteiger partial charge in [-0.15, -0.1) is 0 Å². The lowest BCUT2D eigenvalue weighted by molar-refractivity contribution is -0.123. The lowest BCUT2D eigenvalue weighted by atomic mass is 10.3. The minimum Gasteiger partial charge on any atom is -0.484 e. The Morgan fingerprint density at radius 3 is 2.18 bits per heavy atom. The van der Waals surface area contributed by atoms with Gasteiger partial charge in [-0.2, -0.15) is 4.31 Å². The molecule has 1 fully saturated rings. The van der Waals surface area contributed by atoms with Crippen LogP contribution in [0.25, 0.3) is 0 Å². The van der Waals surface area contributed by atoms with Crippen molar-refractivity contribution in [2.45, 2.75) is 4.90 Å². The van der Waals surface area contributed by atoms with E-state index in [4.69, 9.17) is 4.74 Å². The molecular weight excluding hydrogens is 378 g/mol. The van der Waals surface area contributed by atoms with Gasteiger partial charge in [0.25, 0.3) is 5.91 Å². The number of piperazine rings is 1. The highest BCUT2D eigenvalue weighted by Crippen LogP contribution is 2.17. The topological polar surface area (TPSA) is 79.0 Å². The number of rotatable bonds is 8. The fourth-order valence-electron chi connectivity index (χ4n) is 3.01. The summed E-state index contributed by atoms with van der Waals surface area (Å²) in [6.45, 7) is 3.33. The number of benzene rings is 2. The molecule has 0 aliphatic carbocycles. The largest absolute Gasteiger partial charge is 0.484 e. The van der Waals surface area contributed by atoms with E-state index in [1.165, 1.54) is 4.31 Å². The van der Waals surface area contributed by atoms with Gasteiger partial charge in [-0.05, 0) is 24.3 Å². The van der Waals surface area contributed by atoms with Gasteiger partial charge in [0.1, 0.15) is 5.75 Å². The molecule has 0 bridgehead atoms. The van der Waals surface area contributed by atoms with Gasteiger partial charge in [-0.3, -0.25) is 9.69 Å². The van der Waals surface area contributed by atoms with Crippen molar-refractivity contribution in [1.29, 1.82) is 0 Å². The molecule has 1 aliphatic heterocycles. The van der Waals surface area contributed by atoms with Crippen LogP contribution in [0.2, 0.25) is 0 Å². The second-order valence-corrected chi connectivity index (χ2v) is 8.45. The van der Waals surface area contributed by atoms with Crippen molar-refractivity contribution < 1.29 is 17.9 Å². The summed E-state index contributed by atoms with van der Waals surface area (Å²) in [4.78, 5) is 14.3. The average Bonchev–Trinajstić information content (AvgIpc) is 2.74. The third-order valence-corrected chi connectivity index (χ3v) is 6.49. The van der Waals surface area contributed by atoms with E-state index in [9.17, 15) is 13.2 Å². The Hall–Kier alpha value is -2.42. The van der Waals surface area contributed by atoms with E-state index in [1.807, 2.05) is 18.2 Å². The summed E-state index contributed by atoms with van der Waals surface area (Å²) >= 11 is 0. The highest BCUT2D eigenvalue weighted by atomic mass is 32.2. The summed E-state index contributed by atoms with van der Waals surface area (Å²) in [7, 11) is -3.43. The molecule has 1 saturated heterocycles. The summed E-state index contributed by atoms with van der Waals surface area (Å²) in [6, 6.07) is 17.7. The number of nitrogens with one attached hydrogen (secondary N) is 1. The maximum absolute atomic E-state index is 12.6. The van der Waals surface area contributed by atoms with Gasteiger partial charge in [0.2, 0.25) is 10.0 Å². The molecule has 28 heavy (non-hydrogen) atoms. The monoisotopic (exact) mass is 403 g/mol. The van der Waals surface area contributed by atoms with Crippen LogP contribution in [0.5, 0.6) is 5.75 Å². The predicted octanol–water partition coefficient (Wildman–Crippen LogP) is 1.19. The third-order valence-electron chi connectivity index (χ3n) is 4.58. The summed E-state index contributed by atoms with van der Waals surface area (Å²) in [5.41, 5.74) is 0. The fourth-order valence-corrected chi connectivity index (χ4v) is 4.45. The van der Waals surface area contributed by atoms with E-state index >= 15 is 0 Å². The SMILES string of the molecule is O=C(COc1ccccc1)NCCN1CCN(S(=O)(=O)c2ccccc2)CC1. The Labute approximate surface area is 166 Å². The summed E-state index contributed by atoms with van der Waals surface area (Å²) in [5.74, 6) is 0.488. The number of ether oxygens (including phenoxy) is 1. The number of hydrogen-bond acceptors (Lipinski definition) is 5. The van der Waals surface area contributed by atoms with Gasteiger partial charge in [0.15, 0.2) is 6.61 Å². The van der Waals surface area contributed by atoms with Crippen molar-refractivity contribution in [1.82, 2.24) is 14.5 Å². The molecule has 0 saturated carbocycles. The Bertz CT molecular complexity index is 852. The summed E-state index contributed by atoms with van der Waals surface area (Å²) in [5, 5.41) is 2.83. The van der Waals surface area contributed by atoms with Gasteiger partial charge in [-0.25, -0.2) is 8.42 Å². The maximum Gasteiger partial charge on any atom is 0.257 e. The van der Waals surface area contributed by atoms with Crippen molar-refractivity contribution >= 4 is 15.9 Å². The molecule has 3 rings (SSSR count). The average molecular weight is 404 g/mol. The molecule has 7 nitrogen and oxygen atoms in total. The van der Waals surface area contributed by atoms with Gasteiger partial charge in [-0.1, -0.05) is 36.4 Å². The normalized spacial score (nSPS) is 15.9. The highest BCUT2D eigenvalue weighted by molar-refractivity contribution is 7.89. The summed E-state index contributed by atoms with van der Waals surface area (Å²) < 4.78 is 32.2. The van der Waals surface area contributed by atoms with Crippen molar-refractivity contribution in [2.24, 2.45) is 0 Å². The van der Waals surface area contributed by atoms with Crippen LogP contribution in [-0.2, 0) is 14.8 Å². The van der Waals surface area contributed by atoms with E-state index in [1.54, 1.807) is 42.5 Å². The van der Waals surface area contributed by atoms with Gasteiger partial charge in [0, 0.05) is 39.3 Å². The number of carbonyl (C=O) groups excluding carboxylic acids is 1. The van der Waals surface area contributed by atoms with Crippen LogP contribution in [0.3, 0.4) is 0 Å². The number of carbonyl (C=O) groups is 1. The maximum atomic E-state index is 12.6. The minimum absolute atomic E-state index is 0.0207. The van der Waals surface area contributed by atoms with E-state index in [0.717, 1.165) is 0 Å². The number of hydrogen-bond donors (Lipinski definition) is 1. The zero-order valence-corrected chi connectivity index (χ0v) is 16.5. The van der Waals surface area contributed by atoms with E-state index < -0.39 is 10.0 Å². The second kappa shape index (κ2) is 9.68. The molecule has 1 aliphatic rings. The molecule has 0 spiro atoms. The molecule has 150 valence electrons.